The summed E-state index contributed by atoms with van der Waals surface area (Å²) in [6.07, 6.45) is 3.47. The Morgan fingerprint density at radius 2 is 2.09 bits per heavy atom. The summed E-state index contributed by atoms with van der Waals surface area (Å²) in [4.78, 5) is 38.8. The van der Waals surface area contributed by atoms with Crippen LogP contribution in [0.1, 0.15) is 31.4 Å². The van der Waals surface area contributed by atoms with Crippen LogP contribution in [0.2, 0.25) is 0 Å². The van der Waals surface area contributed by atoms with Gasteiger partial charge in [0.05, 0.1) is 40.9 Å². The van der Waals surface area contributed by atoms with Crippen LogP contribution in [-0.2, 0) is 16.1 Å². The SMILES string of the molecule is COc1cnc2cccc(NC(=O)[C@]3(O)CC[C@@H](NCc4ccc5c(n4)NC(=O)CS5)CC3)c2n1. The molecule has 1 aromatic carbocycles. The second kappa shape index (κ2) is 9.76. The molecule has 182 valence electrons. The van der Waals surface area contributed by atoms with Gasteiger partial charge in [0.25, 0.3) is 5.91 Å². The van der Waals surface area contributed by atoms with E-state index in [1.165, 1.54) is 25.1 Å². The molecule has 3 heterocycles. The Labute approximate surface area is 206 Å². The molecular formula is C24H26N6O4S. The van der Waals surface area contributed by atoms with Crippen molar-refractivity contribution in [1.82, 2.24) is 20.3 Å². The smallest absolute Gasteiger partial charge is 0.256 e. The van der Waals surface area contributed by atoms with Gasteiger partial charge in [-0.15, -0.1) is 11.8 Å². The monoisotopic (exact) mass is 494 g/mol. The quantitative estimate of drug-likeness (QED) is 0.407. The van der Waals surface area contributed by atoms with E-state index in [-0.39, 0.29) is 11.9 Å². The number of carbonyl (C=O) groups excluding carboxylic acids is 2. The van der Waals surface area contributed by atoms with Gasteiger partial charge in [-0.1, -0.05) is 6.07 Å². The van der Waals surface area contributed by atoms with Crippen molar-refractivity contribution in [2.75, 3.05) is 23.5 Å². The van der Waals surface area contributed by atoms with Crippen LogP contribution in [0, 0.1) is 0 Å². The van der Waals surface area contributed by atoms with E-state index >= 15 is 0 Å². The van der Waals surface area contributed by atoms with Crippen molar-refractivity contribution in [1.29, 1.82) is 0 Å². The maximum atomic E-state index is 13.0. The number of hydrogen-bond acceptors (Lipinski definition) is 9. The molecule has 2 aromatic heterocycles. The lowest BCUT2D eigenvalue weighted by atomic mass is 9.81. The number of benzene rings is 1. The largest absolute Gasteiger partial charge is 0.480 e. The molecule has 5 rings (SSSR count). The second-order valence-electron chi connectivity index (χ2n) is 8.71. The summed E-state index contributed by atoms with van der Waals surface area (Å²) in [7, 11) is 1.50. The molecule has 1 fully saturated rings. The lowest BCUT2D eigenvalue weighted by Gasteiger charge is -2.35. The van der Waals surface area contributed by atoms with Gasteiger partial charge in [0, 0.05) is 12.6 Å². The van der Waals surface area contributed by atoms with Crippen LogP contribution in [0.15, 0.2) is 41.4 Å². The molecule has 0 bridgehead atoms. The third kappa shape index (κ3) is 5.07. The Kier molecular flexibility index (Phi) is 6.54. The van der Waals surface area contributed by atoms with Crippen molar-refractivity contribution in [3.05, 3.63) is 42.2 Å². The molecule has 0 unspecified atom stereocenters. The lowest BCUT2D eigenvalue weighted by molar-refractivity contribution is -0.137. The van der Waals surface area contributed by atoms with Crippen LogP contribution in [0.5, 0.6) is 5.88 Å². The molecule has 3 aromatic rings. The van der Waals surface area contributed by atoms with E-state index in [0.29, 0.717) is 66.4 Å². The minimum Gasteiger partial charge on any atom is -0.480 e. The van der Waals surface area contributed by atoms with Crippen molar-refractivity contribution in [3.8, 4) is 5.88 Å². The molecule has 11 heteroatoms. The van der Waals surface area contributed by atoms with Gasteiger partial charge < -0.3 is 25.8 Å². The van der Waals surface area contributed by atoms with E-state index in [9.17, 15) is 14.7 Å². The van der Waals surface area contributed by atoms with E-state index in [2.05, 4.69) is 30.9 Å². The maximum Gasteiger partial charge on any atom is 0.256 e. The number of nitrogens with one attached hydrogen (secondary N) is 3. The summed E-state index contributed by atoms with van der Waals surface area (Å²) in [5, 5.41) is 20.2. The first-order chi connectivity index (χ1) is 16.9. The Hall–Kier alpha value is -3.28. The molecule has 0 spiro atoms. The van der Waals surface area contributed by atoms with Crippen molar-refractivity contribution >= 4 is 46.1 Å². The number of rotatable bonds is 6. The van der Waals surface area contributed by atoms with Crippen LogP contribution in [0.25, 0.3) is 11.0 Å². The number of methoxy groups -OCH3 is 1. The number of aliphatic hydroxyl groups is 1. The Bertz CT molecular complexity index is 1280. The van der Waals surface area contributed by atoms with Gasteiger partial charge in [-0.25, -0.2) is 15.0 Å². The molecule has 4 N–H and O–H groups in total. The van der Waals surface area contributed by atoms with Gasteiger partial charge in [0.2, 0.25) is 11.8 Å². The highest BCUT2D eigenvalue weighted by atomic mass is 32.2. The van der Waals surface area contributed by atoms with E-state index in [1.54, 1.807) is 18.2 Å². The number of hydrogen-bond donors (Lipinski definition) is 4. The first-order valence-electron chi connectivity index (χ1n) is 11.4. The fourth-order valence-corrected chi connectivity index (χ4v) is 5.09. The van der Waals surface area contributed by atoms with Gasteiger partial charge in [0.1, 0.15) is 16.9 Å². The van der Waals surface area contributed by atoms with Gasteiger partial charge in [-0.2, -0.15) is 0 Å². The predicted octanol–water partition coefficient (Wildman–Crippen LogP) is 2.48. The highest BCUT2D eigenvalue weighted by molar-refractivity contribution is 8.00. The summed E-state index contributed by atoms with van der Waals surface area (Å²) in [5.41, 5.74) is 0.982. The first kappa shape index (κ1) is 23.5. The number of pyridine rings is 1. The number of ether oxygens (including phenoxy) is 1. The molecule has 1 aliphatic carbocycles. The fraction of sp³-hybridized carbons (Fsp3) is 0.375. The van der Waals surface area contributed by atoms with Crippen molar-refractivity contribution in [2.24, 2.45) is 0 Å². The van der Waals surface area contributed by atoms with E-state index < -0.39 is 11.5 Å². The third-order valence-corrected chi connectivity index (χ3v) is 7.39. The average molecular weight is 495 g/mol. The molecule has 1 aliphatic heterocycles. The minimum atomic E-state index is -1.46. The van der Waals surface area contributed by atoms with Gasteiger partial charge >= 0.3 is 0 Å². The second-order valence-corrected chi connectivity index (χ2v) is 9.73. The molecule has 35 heavy (non-hydrogen) atoms. The highest BCUT2D eigenvalue weighted by Gasteiger charge is 2.40. The molecule has 2 amide bonds. The van der Waals surface area contributed by atoms with E-state index in [4.69, 9.17) is 4.74 Å². The van der Waals surface area contributed by atoms with Crippen LogP contribution in [0.4, 0.5) is 11.5 Å². The summed E-state index contributed by atoms with van der Waals surface area (Å²) >= 11 is 1.48. The molecule has 2 aliphatic rings. The zero-order valence-corrected chi connectivity index (χ0v) is 20.0. The summed E-state index contributed by atoms with van der Waals surface area (Å²) in [6, 6.07) is 9.39. The maximum absolute atomic E-state index is 13.0. The fourth-order valence-electron chi connectivity index (χ4n) is 4.33. The van der Waals surface area contributed by atoms with Crippen LogP contribution in [0.3, 0.4) is 0 Å². The van der Waals surface area contributed by atoms with Crippen molar-refractivity contribution in [3.63, 3.8) is 0 Å². The summed E-state index contributed by atoms with van der Waals surface area (Å²) < 4.78 is 5.15. The van der Waals surface area contributed by atoms with Gasteiger partial charge in [-0.3, -0.25) is 9.59 Å². The topological polar surface area (TPSA) is 138 Å². The lowest BCUT2D eigenvalue weighted by Crippen LogP contribution is -2.48. The van der Waals surface area contributed by atoms with Crippen molar-refractivity contribution in [2.45, 2.75) is 48.8 Å². The van der Waals surface area contributed by atoms with Crippen LogP contribution >= 0.6 is 11.8 Å². The molecule has 0 saturated heterocycles. The normalized spacial score (nSPS) is 21.8. The number of fused-ring (bicyclic) bond motifs is 2. The zero-order valence-electron chi connectivity index (χ0n) is 19.2. The van der Waals surface area contributed by atoms with Gasteiger partial charge in [0.15, 0.2) is 0 Å². The first-order valence-corrected chi connectivity index (χ1v) is 12.4. The van der Waals surface area contributed by atoms with E-state index in [1.807, 2.05) is 12.1 Å². The highest BCUT2D eigenvalue weighted by Crippen LogP contribution is 2.32. The number of aromatic nitrogens is 3. The number of para-hydroxylation sites is 1. The molecule has 0 radical (unpaired) electrons. The predicted molar refractivity (Wildman–Crippen MR) is 132 cm³/mol. The molecular weight excluding hydrogens is 468 g/mol. The number of amides is 2. The number of carbonyl (C=O) groups is 2. The van der Waals surface area contributed by atoms with E-state index in [0.717, 1.165) is 10.6 Å². The Morgan fingerprint density at radius 3 is 2.89 bits per heavy atom. The van der Waals surface area contributed by atoms with Crippen LogP contribution in [-0.4, -0.2) is 56.4 Å². The standard InChI is InChI=1S/C24H26N6O4S/c1-34-20-12-26-16-3-2-4-17(21(16)30-20)28-23(32)24(33)9-7-14(8-10-24)25-11-15-5-6-18-22(27-15)29-19(31)13-35-18/h2-6,12,14,25,33H,7-11,13H2,1H3,(H,28,32)(H,27,29,31)/t14-,24+. The summed E-state index contributed by atoms with van der Waals surface area (Å²) in [6.45, 7) is 0.541. The number of nitrogens with zero attached hydrogens (tertiary/aromatic N) is 3. The molecule has 1 saturated carbocycles. The van der Waals surface area contributed by atoms with Crippen molar-refractivity contribution < 1.29 is 19.4 Å². The zero-order chi connectivity index (χ0) is 24.4. The Balaban J connectivity index is 1.18. The van der Waals surface area contributed by atoms with Gasteiger partial charge in [-0.05, 0) is 49.9 Å². The molecule has 0 atom stereocenters. The minimum absolute atomic E-state index is 0.0420. The third-order valence-electron chi connectivity index (χ3n) is 6.35. The number of thioether (sulfide) groups is 1. The summed E-state index contributed by atoms with van der Waals surface area (Å²) in [5.74, 6) is 0.875. The average Bonchev–Trinajstić information content (AvgIpc) is 2.88. The number of anilines is 2. The molecule has 10 nitrogen and oxygen atoms in total. The van der Waals surface area contributed by atoms with Crippen LogP contribution < -0.4 is 20.7 Å². The Morgan fingerprint density at radius 1 is 1.26 bits per heavy atom.